The maximum Gasteiger partial charge on any atom is 0.222 e. The number of hydrogen-bond acceptors (Lipinski definition) is 5. The quantitative estimate of drug-likeness (QED) is 0.905. The summed E-state index contributed by atoms with van der Waals surface area (Å²) in [5, 5.41) is 3.63. The third-order valence-corrected chi connectivity index (χ3v) is 4.93. The molecule has 0 saturated carbocycles. The molecule has 0 spiro atoms. The summed E-state index contributed by atoms with van der Waals surface area (Å²) in [6, 6.07) is 13.1. The topological polar surface area (TPSA) is 67.1 Å². The summed E-state index contributed by atoms with van der Waals surface area (Å²) in [7, 11) is 0. The summed E-state index contributed by atoms with van der Waals surface area (Å²) in [5.41, 5.74) is 8.19. The van der Waals surface area contributed by atoms with E-state index in [9.17, 15) is 0 Å². The van der Waals surface area contributed by atoms with Crippen molar-refractivity contribution in [3.8, 4) is 0 Å². The Balaban J connectivity index is 1.55. The van der Waals surface area contributed by atoms with E-state index < -0.39 is 0 Å². The molecule has 0 aliphatic carbocycles. The standard InChI is InChI=1S/C18H23N5/c19-18-21-15(9-13-5-2-1-3-6-13)10-17(22-18)23-11-14-7-4-8-20-16(14)12-23/h1-3,5-6,10,14,16,20H,4,7-9,11-12H2,(H2,19,21,22). The van der Waals surface area contributed by atoms with Crippen molar-refractivity contribution in [2.24, 2.45) is 5.92 Å². The van der Waals surface area contributed by atoms with Crippen LogP contribution >= 0.6 is 0 Å². The SMILES string of the molecule is Nc1nc(Cc2ccccc2)cc(N2CC3CCCNC3C2)n1. The van der Waals surface area contributed by atoms with E-state index in [-0.39, 0.29) is 0 Å². The zero-order chi connectivity index (χ0) is 15.6. The minimum absolute atomic E-state index is 0.372. The molecule has 4 rings (SSSR count). The van der Waals surface area contributed by atoms with Gasteiger partial charge in [-0.25, -0.2) is 4.98 Å². The Kier molecular flexibility index (Phi) is 3.87. The fourth-order valence-corrected chi connectivity index (χ4v) is 3.79. The van der Waals surface area contributed by atoms with E-state index in [4.69, 9.17) is 5.73 Å². The number of rotatable bonds is 3. The van der Waals surface area contributed by atoms with Gasteiger partial charge in [0.2, 0.25) is 5.95 Å². The second-order valence-corrected chi connectivity index (χ2v) is 6.61. The first-order valence-electron chi connectivity index (χ1n) is 8.43. The van der Waals surface area contributed by atoms with Gasteiger partial charge < -0.3 is 16.0 Å². The van der Waals surface area contributed by atoms with Crippen LogP contribution in [0.15, 0.2) is 36.4 Å². The van der Waals surface area contributed by atoms with Crippen LogP contribution in [0.5, 0.6) is 0 Å². The number of nitrogens with two attached hydrogens (primary N) is 1. The molecule has 23 heavy (non-hydrogen) atoms. The van der Waals surface area contributed by atoms with Gasteiger partial charge in [-0.05, 0) is 30.9 Å². The van der Waals surface area contributed by atoms with Gasteiger partial charge in [0, 0.05) is 31.6 Å². The van der Waals surface area contributed by atoms with Gasteiger partial charge in [0.05, 0.1) is 5.69 Å². The summed E-state index contributed by atoms with van der Waals surface area (Å²) >= 11 is 0. The predicted octanol–water partition coefficient (Wildman–Crippen LogP) is 1.84. The van der Waals surface area contributed by atoms with E-state index in [1.807, 2.05) is 6.07 Å². The molecule has 0 bridgehead atoms. The molecule has 2 aromatic rings. The number of hydrogen-bond donors (Lipinski definition) is 2. The van der Waals surface area contributed by atoms with Gasteiger partial charge in [-0.3, -0.25) is 0 Å². The van der Waals surface area contributed by atoms with Crippen LogP contribution in [0, 0.1) is 5.92 Å². The van der Waals surface area contributed by atoms with Gasteiger partial charge in [-0.15, -0.1) is 0 Å². The van der Waals surface area contributed by atoms with Crippen LogP contribution in [-0.4, -0.2) is 35.6 Å². The first kappa shape index (κ1) is 14.5. The highest BCUT2D eigenvalue weighted by Crippen LogP contribution is 2.28. The number of anilines is 2. The third kappa shape index (κ3) is 3.15. The van der Waals surface area contributed by atoms with E-state index in [0.717, 1.165) is 43.5 Å². The molecule has 2 fully saturated rings. The lowest BCUT2D eigenvalue weighted by Gasteiger charge is -2.24. The van der Waals surface area contributed by atoms with Gasteiger partial charge in [0.25, 0.3) is 0 Å². The molecule has 2 atom stereocenters. The van der Waals surface area contributed by atoms with Gasteiger partial charge in [0.15, 0.2) is 0 Å². The first-order chi connectivity index (χ1) is 11.3. The molecule has 2 unspecified atom stereocenters. The molecule has 120 valence electrons. The molecule has 2 saturated heterocycles. The zero-order valence-corrected chi connectivity index (χ0v) is 13.3. The number of piperidine rings is 1. The molecule has 0 radical (unpaired) electrons. The van der Waals surface area contributed by atoms with Crippen molar-refractivity contribution in [2.75, 3.05) is 30.3 Å². The summed E-state index contributed by atoms with van der Waals surface area (Å²) in [4.78, 5) is 11.3. The van der Waals surface area contributed by atoms with Crippen LogP contribution in [0.1, 0.15) is 24.1 Å². The normalized spacial score (nSPS) is 23.7. The van der Waals surface area contributed by atoms with Crippen LogP contribution in [-0.2, 0) is 6.42 Å². The second kappa shape index (κ2) is 6.16. The van der Waals surface area contributed by atoms with Gasteiger partial charge in [-0.1, -0.05) is 30.3 Å². The fourth-order valence-electron chi connectivity index (χ4n) is 3.79. The highest BCUT2D eigenvalue weighted by atomic mass is 15.3. The van der Waals surface area contributed by atoms with E-state index in [1.165, 1.54) is 18.4 Å². The van der Waals surface area contributed by atoms with Crippen LogP contribution in [0.25, 0.3) is 0 Å². The Morgan fingerprint density at radius 2 is 2.04 bits per heavy atom. The van der Waals surface area contributed by atoms with Crippen molar-refractivity contribution in [3.05, 3.63) is 47.7 Å². The van der Waals surface area contributed by atoms with E-state index in [0.29, 0.717) is 12.0 Å². The van der Waals surface area contributed by atoms with Crippen molar-refractivity contribution in [2.45, 2.75) is 25.3 Å². The van der Waals surface area contributed by atoms with Crippen LogP contribution in [0.3, 0.4) is 0 Å². The molecule has 3 N–H and O–H groups in total. The lowest BCUT2D eigenvalue weighted by Crippen LogP contribution is -2.40. The molecule has 1 aromatic heterocycles. The molecule has 2 aliphatic rings. The number of nitrogens with one attached hydrogen (secondary N) is 1. The number of benzene rings is 1. The lowest BCUT2D eigenvalue weighted by molar-refractivity contribution is 0.340. The van der Waals surface area contributed by atoms with Crippen molar-refractivity contribution in [1.82, 2.24) is 15.3 Å². The highest BCUT2D eigenvalue weighted by Gasteiger charge is 2.34. The monoisotopic (exact) mass is 309 g/mol. The average molecular weight is 309 g/mol. The molecule has 5 heteroatoms. The number of nitrogens with zero attached hydrogens (tertiary/aromatic N) is 3. The molecule has 5 nitrogen and oxygen atoms in total. The van der Waals surface area contributed by atoms with Crippen molar-refractivity contribution in [1.29, 1.82) is 0 Å². The Bertz CT molecular complexity index is 658. The van der Waals surface area contributed by atoms with Crippen molar-refractivity contribution < 1.29 is 0 Å². The number of aromatic nitrogens is 2. The maximum atomic E-state index is 5.96. The maximum absolute atomic E-state index is 5.96. The predicted molar refractivity (Wildman–Crippen MR) is 92.4 cm³/mol. The summed E-state index contributed by atoms with van der Waals surface area (Å²) < 4.78 is 0. The van der Waals surface area contributed by atoms with Crippen LogP contribution < -0.4 is 16.0 Å². The molecule has 0 amide bonds. The molecule has 3 heterocycles. The average Bonchev–Trinajstić information content (AvgIpc) is 2.99. The van der Waals surface area contributed by atoms with Gasteiger partial charge >= 0.3 is 0 Å². The van der Waals surface area contributed by atoms with E-state index in [1.54, 1.807) is 0 Å². The molecular weight excluding hydrogens is 286 g/mol. The Morgan fingerprint density at radius 3 is 2.87 bits per heavy atom. The second-order valence-electron chi connectivity index (χ2n) is 6.61. The Labute approximate surface area is 136 Å². The fraction of sp³-hybridized carbons (Fsp3) is 0.444. The van der Waals surface area contributed by atoms with E-state index >= 15 is 0 Å². The Morgan fingerprint density at radius 1 is 1.17 bits per heavy atom. The molecule has 1 aromatic carbocycles. The number of nitrogen functional groups attached to an aromatic ring is 1. The lowest BCUT2D eigenvalue weighted by atomic mass is 9.94. The van der Waals surface area contributed by atoms with Gasteiger partial charge in [-0.2, -0.15) is 4.98 Å². The van der Waals surface area contributed by atoms with Crippen LogP contribution in [0.2, 0.25) is 0 Å². The first-order valence-corrected chi connectivity index (χ1v) is 8.43. The van der Waals surface area contributed by atoms with Gasteiger partial charge in [0.1, 0.15) is 5.82 Å². The molecular formula is C18H23N5. The smallest absolute Gasteiger partial charge is 0.222 e. The zero-order valence-electron chi connectivity index (χ0n) is 13.3. The Hall–Kier alpha value is -2.14. The van der Waals surface area contributed by atoms with Crippen LogP contribution in [0.4, 0.5) is 11.8 Å². The molecule has 2 aliphatic heterocycles. The summed E-state index contributed by atoms with van der Waals surface area (Å²) in [6.07, 6.45) is 3.38. The third-order valence-electron chi connectivity index (χ3n) is 4.93. The minimum Gasteiger partial charge on any atom is -0.368 e. The number of fused-ring (bicyclic) bond motifs is 1. The highest BCUT2D eigenvalue weighted by molar-refractivity contribution is 5.46. The largest absolute Gasteiger partial charge is 0.368 e. The summed E-state index contributed by atoms with van der Waals surface area (Å²) in [6.45, 7) is 3.23. The van der Waals surface area contributed by atoms with E-state index in [2.05, 4.69) is 50.5 Å². The van der Waals surface area contributed by atoms with Crippen molar-refractivity contribution >= 4 is 11.8 Å². The minimum atomic E-state index is 0.372. The summed E-state index contributed by atoms with van der Waals surface area (Å²) in [5.74, 6) is 2.08. The van der Waals surface area contributed by atoms with Crippen molar-refractivity contribution in [3.63, 3.8) is 0 Å².